The van der Waals surface area contributed by atoms with Gasteiger partial charge in [0.1, 0.15) is 16.5 Å². The molecule has 0 unspecified atom stereocenters. The van der Waals surface area contributed by atoms with Crippen LogP contribution in [0.1, 0.15) is 25.9 Å². The molecular weight excluding hydrogens is 248 g/mol. The SMILES string of the molecule is Cc1nc(CN)sc1C(=O)OCc1ccccc1. The van der Waals surface area contributed by atoms with Crippen LogP contribution in [0.15, 0.2) is 30.3 Å². The van der Waals surface area contributed by atoms with Crippen molar-refractivity contribution in [1.82, 2.24) is 4.98 Å². The van der Waals surface area contributed by atoms with Gasteiger partial charge in [0.2, 0.25) is 0 Å². The Kier molecular flexibility index (Phi) is 4.07. The number of aryl methyl sites for hydroxylation is 1. The van der Waals surface area contributed by atoms with Gasteiger partial charge in [0, 0.05) is 6.54 Å². The lowest BCUT2D eigenvalue weighted by Gasteiger charge is -2.03. The zero-order chi connectivity index (χ0) is 13.0. The van der Waals surface area contributed by atoms with Crippen LogP contribution in [0.2, 0.25) is 0 Å². The smallest absolute Gasteiger partial charge is 0.350 e. The molecule has 94 valence electrons. The fraction of sp³-hybridized carbons (Fsp3) is 0.231. The minimum Gasteiger partial charge on any atom is -0.457 e. The average Bonchev–Trinajstić information content (AvgIpc) is 2.78. The lowest BCUT2D eigenvalue weighted by atomic mass is 10.2. The van der Waals surface area contributed by atoms with Crippen LogP contribution in [0.4, 0.5) is 0 Å². The monoisotopic (exact) mass is 262 g/mol. The fourth-order valence-electron chi connectivity index (χ4n) is 1.52. The summed E-state index contributed by atoms with van der Waals surface area (Å²) in [6.45, 7) is 2.40. The third-order valence-electron chi connectivity index (χ3n) is 2.41. The normalized spacial score (nSPS) is 10.3. The highest BCUT2D eigenvalue weighted by Crippen LogP contribution is 2.19. The maximum Gasteiger partial charge on any atom is 0.350 e. The molecular formula is C13H14N2O2S. The molecule has 2 N–H and O–H groups in total. The first kappa shape index (κ1) is 12.7. The summed E-state index contributed by atoms with van der Waals surface area (Å²) >= 11 is 1.29. The summed E-state index contributed by atoms with van der Waals surface area (Å²) in [5.41, 5.74) is 7.14. The molecule has 2 aromatic rings. The number of nitrogens with two attached hydrogens (primary N) is 1. The predicted molar refractivity (Wildman–Crippen MR) is 70.3 cm³/mol. The number of ether oxygens (including phenoxy) is 1. The number of carbonyl (C=O) groups excluding carboxylic acids is 1. The van der Waals surface area contributed by atoms with Gasteiger partial charge in [-0.1, -0.05) is 30.3 Å². The Labute approximate surface area is 109 Å². The van der Waals surface area contributed by atoms with E-state index in [0.717, 1.165) is 10.6 Å². The van der Waals surface area contributed by atoms with Gasteiger partial charge in [-0.15, -0.1) is 11.3 Å². The number of carbonyl (C=O) groups is 1. The molecule has 0 radical (unpaired) electrons. The number of hydrogen-bond acceptors (Lipinski definition) is 5. The summed E-state index contributed by atoms with van der Waals surface area (Å²) < 4.78 is 5.24. The summed E-state index contributed by atoms with van der Waals surface area (Å²) in [4.78, 5) is 16.6. The van der Waals surface area contributed by atoms with Crippen LogP contribution in [0.5, 0.6) is 0 Å². The number of nitrogens with zero attached hydrogens (tertiary/aromatic N) is 1. The Morgan fingerprint density at radius 2 is 2.11 bits per heavy atom. The van der Waals surface area contributed by atoms with E-state index in [-0.39, 0.29) is 12.6 Å². The van der Waals surface area contributed by atoms with Crippen molar-refractivity contribution in [1.29, 1.82) is 0 Å². The first-order valence-corrected chi connectivity index (χ1v) is 6.39. The second-order valence-electron chi connectivity index (χ2n) is 3.79. The molecule has 0 fully saturated rings. The molecule has 0 saturated heterocycles. The minimum absolute atomic E-state index is 0.273. The molecule has 5 heteroatoms. The molecule has 0 bridgehead atoms. The first-order chi connectivity index (χ1) is 8.70. The molecule has 0 spiro atoms. The zero-order valence-electron chi connectivity index (χ0n) is 10.1. The van der Waals surface area contributed by atoms with Crippen molar-refractivity contribution < 1.29 is 9.53 Å². The topological polar surface area (TPSA) is 65.2 Å². The molecule has 0 aliphatic carbocycles. The predicted octanol–water partition coefficient (Wildman–Crippen LogP) is 2.27. The van der Waals surface area contributed by atoms with Crippen molar-refractivity contribution in [3.05, 3.63) is 51.5 Å². The molecule has 0 atom stereocenters. The summed E-state index contributed by atoms with van der Waals surface area (Å²) in [7, 11) is 0. The number of rotatable bonds is 4. The largest absolute Gasteiger partial charge is 0.457 e. The molecule has 0 saturated carbocycles. The van der Waals surface area contributed by atoms with Crippen LogP contribution in [0, 0.1) is 6.92 Å². The van der Waals surface area contributed by atoms with E-state index in [1.807, 2.05) is 30.3 Å². The molecule has 0 aliphatic rings. The summed E-state index contributed by atoms with van der Waals surface area (Å²) in [6, 6.07) is 9.57. The summed E-state index contributed by atoms with van der Waals surface area (Å²) in [6.07, 6.45) is 0. The highest BCUT2D eigenvalue weighted by atomic mass is 32.1. The highest BCUT2D eigenvalue weighted by Gasteiger charge is 2.16. The Morgan fingerprint density at radius 3 is 2.72 bits per heavy atom. The van der Waals surface area contributed by atoms with Crippen molar-refractivity contribution in [3.63, 3.8) is 0 Å². The zero-order valence-corrected chi connectivity index (χ0v) is 10.9. The van der Waals surface area contributed by atoms with E-state index in [9.17, 15) is 4.79 Å². The lowest BCUT2D eigenvalue weighted by Crippen LogP contribution is -2.04. The summed E-state index contributed by atoms with van der Waals surface area (Å²) in [5.74, 6) is -0.339. The van der Waals surface area contributed by atoms with Crippen LogP contribution >= 0.6 is 11.3 Å². The van der Waals surface area contributed by atoms with Crippen molar-refractivity contribution in [2.75, 3.05) is 0 Å². The average molecular weight is 262 g/mol. The van der Waals surface area contributed by atoms with Crippen molar-refractivity contribution in [2.24, 2.45) is 5.73 Å². The van der Waals surface area contributed by atoms with Gasteiger partial charge in [-0.2, -0.15) is 0 Å². The maximum atomic E-state index is 11.9. The Bertz CT molecular complexity index is 537. The van der Waals surface area contributed by atoms with Crippen molar-refractivity contribution in [2.45, 2.75) is 20.1 Å². The van der Waals surface area contributed by atoms with E-state index >= 15 is 0 Å². The van der Waals surface area contributed by atoms with Crippen molar-refractivity contribution in [3.8, 4) is 0 Å². The van der Waals surface area contributed by atoms with E-state index in [4.69, 9.17) is 10.5 Å². The maximum absolute atomic E-state index is 11.9. The fourth-order valence-corrected chi connectivity index (χ4v) is 2.35. The number of thiazole rings is 1. The Balaban J connectivity index is 2.01. The van der Waals surface area contributed by atoms with Gasteiger partial charge in [-0.05, 0) is 12.5 Å². The van der Waals surface area contributed by atoms with Gasteiger partial charge in [0.15, 0.2) is 0 Å². The molecule has 0 amide bonds. The third-order valence-corrected chi connectivity index (χ3v) is 3.57. The highest BCUT2D eigenvalue weighted by molar-refractivity contribution is 7.13. The van der Waals surface area contributed by atoms with Gasteiger partial charge >= 0.3 is 5.97 Å². The molecule has 4 nitrogen and oxygen atoms in total. The minimum atomic E-state index is -0.339. The molecule has 0 aliphatic heterocycles. The summed E-state index contributed by atoms with van der Waals surface area (Å²) in [5, 5.41) is 0.749. The van der Waals surface area contributed by atoms with Gasteiger partial charge in [0.25, 0.3) is 0 Å². The molecule has 1 aromatic carbocycles. The van der Waals surface area contributed by atoms with Gasteiger partial charge < -0.3 is 10.5 Å². The Morgan fingerprint density at radius 1 is 1.39 bits per heavy atom. The second-order valence-corrected chi connectivity index (χ2v) is 4.87. The molecule has 1 aromatic heterocycles. The quantitative estimate of drug-likeness (QED) is 0.858. The number of aromatic nitrogens is 1. The van der Waals surface area contributed by atoms with E-state index in [1.54, 1.807) is 6.92 Å². The van der Waals surface area contributed by atoms with Crippen molar-refractivity contribution >= 4 is 17.3 Å². The molecule has 2 rings (SSSR count). The van der Waals surface area contributed by atoms with Crippen LogP contribution in [-0.4, -0.2) is 11.0 Å². The van der Waals surface area contributed by atoms with Crippen LogP contribution in [-0.2, 0) is 17.9 Å². The van der Waals surface area contributed by atoms with Crippen LogP contribution in [0.3, 0.4) is 0 Å². The van der Waals surface area contributed by atoms with Gasteiger partial charge in [-0.25, -0.2) is 9.78 Å². The van der Waals surface area contributed by atoms with E-state index < -0.39 is 0 Å². The van der Waals surface area contributed by atoms with E-state index in [2.05, 4.69) is 4.98 Å². The standard InChI is InChI=1S/C13H14N2O2S/c1-9-12(18-11(7-14)15-9)13(16)17-8-10-5-3-2-4-6-10/h2-6H,7-8,14H2,1H3. The lowest BCUT2D eigenvalue weighted by molar-refractivity contribution is 0.0477. The third kappa shape index (κ3) is 2.94. The number of esters is 1. The molecule has 18 heavy (non-hydrogen) atoms. The van der Waals surface area contributed by atoms with Gasteiger partial charge in [0.05, 0.1) is 5.69 Å². The van der Waals surface area contributed by atoms with Crippen LogP contribution < -0.4 is 5.73 Å². The van der Waals surface area contributed by atoms with E-state index in [1.165, 1.54) is 11.3 Å². The van der Waals surface area contributed by atoms with E-state index in [0.29, 0.717) is 17.1 Å². The first-order valence-electron chi connectivity index (χ1n) is 5.58. The van der Waals surface area contributed by atoms with Gasteiger partial charge in [-0.3, -0.25) is 0 Å². The number of benzene rings is 1. The Hall–Kier alpha value is -1.72. The van der Waals surface area contributed by atoms with Crippen LogP contribution in [0.25, 0.3) is 0 Å². The second kappa shape index (κ2) is 5.75. The number of hydrogen-bond donors (Lipinski definition) is 1. The molecule has 1 heterocycles.